The first-order valence-electron chi connectivity index (χ1n) is 9.63. The predicted octanol–water partition coefficient (Wildman–Crippen LogP) is 4.27. The number of benzene rings is 1. The topological polar surface area (TPSA) is 63.7 Å². The zero-order valence-corrected chi connectivity index (χ0v) is 16.0. The Morgan fingerprint density at radius 2 is 1.83 bits per heavy atom. The van der Waals surface area contributed by atoms with Crippen LogP contribution in [0, 0.1) is 0 Å². The van der Waals surface area contributed by atoms with E-state index in [0.717, 1.165) is 12.5 Å². The molecule has 0 radical (unpaired) electrons. The number of hydrogen-bond acceptors (Lipinski definition) is 4. The molecule has 1 aromatic carbocycles. The second-order valence-corrected chi connectivity index (χ2v) is 6.97. The molecule has 29 heavy (non-hydrogen) atoms. The highest BCUT2D eigenvalue weighted by atomic mass is 19.3. The second kappa shape index (κ2) is 10.8. The second-order valence-electron chi connectivity index (χ2n) is 6.97. The molecule has 1 saturated heterocycles. The Morgan fingerprint density at radius 3 is 2.52 bits per heavy atom. The molecule has 0 saturated carbocycles. The number of allylic oxidation sites excluding steroid dienone is 1. The van der Waals surface area contributed by atoms with E-state index in [1.807, 2.05) is 0 Å². The van der Waals surface area contributed by atoms with Crippen LogP contribution in [-0.4, -0.2) is 35.1 Å². The van der Waals surface area contributed by atoms with Crippen molar-refractivity contribution in [2.45, 2.75) is 56.9 Å². The quantitative estimate of drug-likeness (QED) is 0.403. The lowest BCUT2D eigenvalue weighted by Gasteiger charge is -2.22. The Hall–Kier alpha value is -2.64. The maximum atomic E-state index is 14.3. The number of rotatable bonds is 11. The molecule has 0 N–H and O–H groups in total. The van der Waals surface area contributed by atoms with Gasteiger partial charge >= 0.3 is 11.9 Å². The lowest BCUT2D eigenvalue weighted by molar-refractivity contribution is -0.183. The third-order valence-corrected chi connectivity index (χ3v) is 4.91. The van der Waals surface area contributed by atoms with Crippen LogP contribution < -0.4 is 0 Å². The maximum Gasteiger partial charge on any atom is 0.348 e. The van der Waals surface area contributed by atoms with Gasteiger partial charge in [0.15, 0.2) is 0 Å². The molecule has 158 valence electrons. The Labute approximate surface area is 167 Å². The minimum Gasteiger partial charge on any atom is -0.336 e. The van der Waals surface area contributed by atoms with Crippen LogP contribution in [0.25, 0.3) is 0 Å². The van der Waals surface area contributed by atoms with Crippen LogP contribution in [0.1, 0.15) is 50.5 Å². The molecule has 1 fully saturated rings. The molecule has 8 heteroatoms. The van der Waals surface area contributed by atoms with Crippen molar-refractivity contribution in [3.05, 3.63) is 48.0 Å². The summed E-state index contributed by atoms with van der Waals surface area (Å²) in [4.78, 5) is 39.4. The van der Waals surface area contributed by atoms with Gasteiger partial charge in [0.2, 0.25) is 11.7 Å². The smallest absolute Gasteiger partial charge is 0.336 e. The molecular formula is C21H24F3NO4. The molecule has 0 aliphatic carbocycles. The number of carbonyl (C=O) groups is 3. The lowest BCUT2D eigenvalue weighted by atomic mass is 10.0. The van der Waals surface area contributed by atoms with Crippen LogP contribution >= 0.6 is 0 Å². The van der Waals surface area contributed by atoms with Crippen LogP contribution in [0.15, 0.2) is 42.5 Å². The van der Waals surface area contributed by atoms with E-state index in [-0.39, 0.29) is 23.9 Å². The number of hydrogen-bond donors (Lipinski definition) is 0. The van der Waals surface area contributed by atoms with Crippen molar-refractivity contribution in [2.75, 3.05) is 6.54 Å². The van der Waals surface area contributed by atoms with Gasteiger partial charge in [0, 0.05) is 29.5 Å². The summed E-state index contributed by atoms with van der Waals surface area (Å²) in [6.45, 7) is 0.435. The number of halogens is 3. The molecule has 5 nitrogen and oxygen atoms in total. The Morgan fingerprint density at radius 1 is 1.14 bits per heavy atom. The van der Waals surface area contributed by atoms with Gasteiger partial charge in [0.25, 0.3) is 0 Å². The third kappa shape index (κ3) is 6.44. The average Bonchev–Trinajstić information content (AvgIpc) is 3.08. The number of ketones is 1. The fourth-order valence-electron chi connectivity index (χ4n) is 3.28. The van der Waals surface area contributed by atoms with Crippen LogP contribution in [0.3, 0.4) is 0 Å². The van der Waals surface area contributed by atoms with E-state index in [4.69, 9.17) is 0 Å². The SMILES string of the molecule is O=C(CCCCCCN1C(=O)CCC1/C=C/C(=O)C(F)(F)c1ccccc1)OF. The van der Waals surface area contributed by atoms with Crippen LogP contribution in [0.5, 0.6) is 0 Å². The zero-order valence-electron chi connectivity index (χ0n) is 16.0. The molecule has 0 bridgehead atoms. The first kappa shape index (κ1) is 22.6. The largest absolute Gasteiger partial charge is 0.348 e. The summed E-state index contributed by atoms with van der Waals surface area (Å²) < 4.78 is 40.1. The van der Waals surface area contributed by atoms with Crippen molar-refractivity contribution >= 4 is 17.7 Å². The Balaban J connectivity index is 1.84. The van der Waals surface area contributed by atoms with Crippen molar-refractivity contribution < 1.29 is 32.6 Å². The van der Waals surface area contributed by atoms with Crippen molar-refractivity contribution in [3.63, 3.8) is 0 Å². The molecule has 0 aromatic heterocycles. The fourth-order valence-corrected chi connectivity index (χ4v) is 3.28. The summed E-state index contributed by atoms with van der Waals surface area (Å²) in [5.41, 5.74) is -0.370. The molecule has 1 aliphatic rings. The summed E-state index contributed by atoms with van der Waals surface area (Å²) in [5, 5.41) is 0. The van der Waals surface area contributed by atoms with Gasteiger partial charge in [-0.25, -0.2) is 4.79 Å². The van der Waals surface area contributed by atoms with E-state index in [0.29, 0.717) is 38.6 Å². The third-order valence-electron chi connectivity index (χ3n) is 4.91. The summed E-state index contributed by atoms with van der Waals surface area (Å²) >= 11 is 0. The minimum atomic E-state index is -3.62. The summed E-state index contributed by atoms with van der Waals surface area (Å²) in [7, 11) is 0. The van der Waals surface area contributed by atoms with E-state index in [9.17, 15) is 27.7 Å². The van der Waals surface area contributed by atoms with Gasteiger partial charge in [-0.05, 0) is 25.3 Å². The normalized spacial score (nSPS) is 17.1. The van der Waals surface area contributed by atoms with Crippen molar-refractivity contribution in [2.24, 2.45) is 0 Å². The number of unbranched alkanes of at least 4 members (excludes halogenated alkanes) is 3. The molecule has 2 rings (SSSR count). The fraction of sp³-hybridized carbons (Fsp3) is 0.476. The van der Waals surface area contributed by atoms with Crippen LogP contribution in [-0.2, 0) is 25.2 Å². The minimum absolute atomic E-state index is 0.00223. The molecule has 1 amide bonds. The highest BCUT2D eigenvalue weighted by Gasteiger charge is 2.39. The molecule has 0 spiro atoms. The molecule has 1 aliphatic heterocycles. The molecule has 1 aromatic rings. The van der Waals surface area contributed by atoms with Gasteiger partial charge in [-0.3, -0.25) is 14.5 Å². The number of nitrogens with zero attached hydrogens (tertiary/aromatic N) is 1. The number of alkyl halides is 2. The first-order valence-corrected chi connectivity index (χ1v) is 9.63. The molecule has 1 heterocycles. The Bertz CT molecular complexity index is 737. The van der Waals surface area contributed by atoms with Gasteiger partial charge < -0.3 is 4.90 Å². The molecular weight excluding hydrogens is 387 g/mol. The van der Waals surface area contributed by atoms with E-state index in [2.05, 4.69) is 4.94 Å². The van der Waals surface area contributed by atoms with Gasteiger partial charge in [-0.1, -0.05) is 49.2 Å². The van der Waals surface area contributed by atoms with Crippen LogP contribution in [0.2, 0.25) is 0 Å². The number of likely N-dealkylation sites (tertiary alicyclic amines) is 1. The van der Waals surface area contributed by atoms with Gasteiger partial charge in [-0.15, -0.1) is 0 Å². The van der Waals surface area contributed by atoms with Gasteiger partial charge in [0.1, 0.15) is 0 Å². The summed E-state index contributed by atoms with van der Waals surface area (Å²) in [6, 6.07) is 6.49. The first-order chi connectivity index (χ1) is 13.9. The lowest BCUT2D eigenvalue weighted by Crippen LogP contribution is -2.33. The average molecular weight is 411 g/mol. The van der Waals surface area contributed by atoms with Crippen molar-refractivity contribution in [3.8, 4) is 0 Å². The standard InChI is InChI=1S/C21H24F3NO4/c22-21(23,16-8-4-3-5-9-16)18(26)13-11-17-12-14-19(27)25(17)15-7-2-1-6-10-20(28)29-24/h3-5,8-9,11,13,17H,1-2,6-7,10,12,14-15H2/b13-11+. The van der Waals surface area contributed by atoms with Crippen molar-refractivity contribution in [1.82, 2.24) is 4.90 Å². The van der Waals surface area contributed by atoms with E-state index < -0.39 is 17.7 Å². The van der Waals surface area contributed by atoms with Gasteiger partial charge in [0.05, 0.1) is 6.04 Å². The highest BCUT2D eigenvalue weighted by Crippen LogP contribution is 2.30. The maximum absolute atomic E-state index is 14.3. The van der Waals surface area contributed by atoms with E-state index in [1.54, 1.807) is 11.0 Å². The Kier molecular flexibility index (Phi) is 8.42. The summed E-state index contributed by atoms with van der Waals surface area (Å²) in [6.07, 6.45) is 5.58. The number of amides is 1. The van der Waals surface area contributed by atoms with E-state index >= 15 is 0 Å². The monoisotopic (exact) mass is 411 g/mol. The highest BCUT2D eigenvalue weighted by molar-refractivity contribution is 5.96. The number of carbonyl (C=O) groups excluding carboxylic acids is 3. The van der Waals surface area contributed by atoms with Crippen LogP contribution in [0.4, 0.5) is 13.3 Å². The predicted molar refractivity (Wildman–Crippen MR) is 99.5 cm³/mol. The van der Waals surface area contributed by atoms with Gasteiger partial charge in [-0.2, -0.15) is 8.78 Å². The molecule has 1 atom stereocenters. The van der Waals surface area contributed by atoms with Crippen molar-refractivity contribution in [1.29, 1.82) is 0 Å². The molecule has 1 unspecified atom stereocenters. The zero-order chi connectivity index (χ0) is 21.3. The van der Waals surface area contributed by atoms with E-state index in [1.165, 1.54) is 30.3 Å². The summed E-state index contributed by atoms with van der Waals surface area (Å²) in [5.74, 6) is -5.92.